The van der Waals surface area contributed by atoms with Crippen LogP contribution in [0.4, 0.5) is 0 Å². The van der Waals surface area contributed by atoms with Gasteiger partial charge in [0.2, 0.25) is 0 Å². The Morgan fingerprint density at radius 3 is 1.54 bits per heavy atom. The van der Waals surface area contributed by atoms with E-state index in [1.54, 1.807) is 0 Å². The van der Waals surface area contributed by atoms with Crippen molar-refractivity contribution < 1.29 is 14.7 Å². The third-order valence-corrected chi connectivity index (χ3v) is 5.61. The Morgan fingerprint density at radius 1 is 0.750 bits per heavy atom. The molecule has 0 aliphatic carbocycles. The van der Waals surface area contributed by atoms with Crippen molar-refractivity contribution in [2.45, 2.75) is 135 Å². The summed E-state index contributed by atoms with van der Waals surface area (Å²) >= 11 is 0. The van der Waals surface area contributed by atoms with Crippen molar-refractivity contribution in [3.05, 3.63) is 0 Å². The van der Waals surface area contributed by atoms with Gasteiger partial charge in [0.15, 0.2) is 0 Å². The first-order valence-corrected chi connectivity index (χ1v) is 12.0. The fourth-order valence-corrected chi connectivity index (χ4v) is 3.80. The summed E-state index contributed by atoms with van der Waals surface area (Å²) in [7, 11) is 0. The molecule has 2 atom stereocenters. The van der Waals surface area contributed by atoms with Crippen LogP contribution in [-0.4, -0.2) is 22.9 Å². The SMILES string of the molecule is CCCCCCCCCCCCCCCCCC(=O)CC(C)C[C@@H](N)C(=O)O. The number of ketones is 1. The monoisotopic (exact) mass is 397 g/mol. The molecule has 0 aliphatic rings. The van der Waals surface area contributed by atoms with Gasteiger partial charge in [0.05, 0.1) is 0 Å². The number of carboxylic acid groups (broad SMARTS) is 1. The molecule has 0 spiro atoms. The molecule has 0 heterocycles. The van der Waals surface area contributed by atoms with Crippen molar-refractivity contribution in [2.24, 2.45) is 11.7 Å². The van der Waals surface area contributed by atoms with Gasteiger partial charge in [0.25, 0.3) is 0 Å². The molecule has 28 heavy (non-hydrogen) atoms. The fourth-order valence-electron chi connectivity index (χ4n) is 3.80. The molecule has 1 unspecified atom stereocenters. The molecule has 0 amide bonds. The van der Waals surface area contributed by atoms with E-state index in [0.717, 1.165) is 12.8 Å². The Bertz CT molecular complexity index is 384. The van der Waals surface area contributed by atoms with E-state index in [4.69, 9.17) is 10.8 Å². The molecule has 4 heteroatoms. The van der Waals surface area contributed by atoms with E-state index in [-0.39, 0.29) is 11.7 Å². The molecule has 0 saturated carbocycles. The zero-order valence-corrected chi connectivity index (χ0v) is 18.7. The Morgan fingerprint density at radius 2 is 1.14 bits per heavy atom. The summed E-state index contributed by atoms with van der Waals surface area (Å²) in [6.45, 7) is 4.18. The Kier molecular flexibility index (Phi) is 18.8. The molecular formula is C24H47NO3. The summed E-state index contributed by atoms with van der Waals surface area (Å²) < 4.78 is 0. The van der Waals surface area contributed by atoms with E-state index in [9.17, 15) is 9.59 Å². The van der Waals surface area contributed by atoms with Gasteiger partial charge in [-0.25, -0.2) is 0 Å². The lowest BCUT2D eigenvalue weighted by Crippen LogP contribution is -2.32. The van der Waals surface area contributed by atoms with Gasteiger partial charge in [-0.05, 0) is 18.8 Å². The van der Waals surface area contributed by atoms with Crippen LogP contribution in [0.3, 0.4) is 0 Å². The zero-order chi connectivity index (χ0) is 21.0. The average molecular weight is 398 g/mol. The van der Waals surface area contributed by atoms with Crippen molar-refractivity contribution >= 4 is 11.8 Å². The quantitative estimate of drug-likeness (QED) is 0.213. The molecule has 0 aliphatic heterocycles. The minimum atomic E-state index is -0.985. The second-order valence-electron chi connectivity index (χ2n) is 8.73. The first-order chi connectivity index (χ1) is 13.5. The summed E-state index contributed by atoms with van der Waals surface area (Å²) in [6.07, 6.45) is 21.3. The Balaban J connectivity index is 3.32. The first-order valence-electron chi connectivity index (χ1n) is 12.0. The van der Waals surface area contributed by atoms with E-state index >= 15 is 0 Å². The lowest BCUT2D eigenvalue weighted by Gasteiger charge is -2.13. The van der Waals surface area contributed by atoms with Crippen molar-refractivity contribution in [3.8, 4) is 0 Å². The van der Waals surface area contributed by atoms with E-state index in [0.29, 0.717) is 19.3 Å². The molecule has 0 fully saturated rings. The van der Waals surface area contributed by atoms with Gasteiger partial charge in [0.1, 0.15) is 11.8 Å². The Labute approximate surface area is 174 Å². The maximum absolute atomic E-state index is 12.0. The van der Waals surface area contributed by atoms with Gasteiger partial charge >= 0.3 is 5.97 Å². The lowest BCUT2D eigenvalue weighted by molar-refractivity contribution is -0.139. The van der Waals surface area contributed by atoms with Gasteiger partial charge in [-0.2, -0.15) is 0 Å². The first kappa shape index (κ1) is 27.1. The number of Topliss-reactive ketones (excluding diaryl/α,β-unsaturated/α-hetero) is 1. The second-order valence-corrected chi connectivity index (χ2v) is 8.73. The highest BCUT2D eigenvalue weighted by Gasteiger charge is 2.17. The highest BCUT2D eigenvalue weighted by atomic mass is 16.4. The molecule has 0 aromatic carbocycles. The smallest absolute Gasteiger partial charge is 0.320 e. The third kappa shape index (κ3) is 18.5. The van der Waals surface area contributed by atoms with Crippen molar-refractivity contribution in [1.82, 2.24) is 0 Å². The van der Waals surface area contributed by atoms with E-state index < -0.39 is 12.0 Å². The van der Waals surface area contributed by atoms with Gasteiger partial charge in [0, 0.05) is 12.8 Å². The molecule has 0 aromatic heterocycles. The van der Waals surface area contributed by atoms with Crippen LogP contribution in [0.15, 0.2) is 0 Å². The standard InChI is InChI=1S/C24H47NO3/c1-3-4-5-6-7-8-9-10-11-12-13-14-15-16-17-18-22(26)19-21(2)20-23(25)24(27)28/h21,23H,3-20,25H2,1-2H3,(H,27,28)/t21?,23-/m1/s1. The van der Waals surface area contributed by atoms with Crippen LogP contribution < -0.4 is 5.73 Å². The van der Waals surface area contributed by atoms with Crippen molar-refractivity contribution in [2.75, 3.05) is 0 Å². The molecule has 4 nitrogen and oxygen atoms in total. The molecule has 0 bridgehead atoms. The van der Waals surface area contributed by atoms with Crippen LogP contribution in [-0.2, 0) is 9.59 Å². The van der Waals surface area contributed by atoms with Crippen LogP contribution >= 0.6 is 0 Å². The minimum absolute atomic E-state index is 0.0509. The Hall–Kier alpha value is -0.900. The molecular weight excluding hydrogens is 350 g/mol. The second kappa shape index (κ2) is 19.4. The van der Waals surface area contributed by atoms with E-state index in [1.165, 1.54) is 83.5 Å². The molecule has 0 radical (unpaired) electrons. The van der Waals surface area contributed by atoms with Gasteiger partial charge < -0.3 is 10.8 Å². The lowest BCUT2D eigenvalue weighted by atomic mass is 9.94. The van der Waals surface area contributed by atoms with E-state index in [2.05, 4.69) is 6.92 Å². The third-order valence-electron chi connectivity index (χ3n) is 5.61. The van der Waals surface area contributed by atoms with Gasteiger partial charge in [-0.3, -0.25) is 9.59 Å². The number of carbonyl (C=O) groups excluding carboxylic acids is 1. The number of carboxylic acids is 1. The average Bonchev–Trinajstić information content (AvgIpc) is 2.64. The molecule has 0 rings (SSSR count). The van der Waals surface area contributed by atoms with Crippen LogP contribution in [0.5, 0.6) is 0 Å². The number of aliphatic carboxylic acids is 1. The number of hydrogen-bond acceptors (Lipinski definition) is 3. The highest BCUT2D eigenvalue weighted by molar-refractivity contribution is 5.78. The minimum Gasteiger partial charge on any atom is -0.480 e. The molecule has 3 N–H and O–H groups in total. The van der Waals surface area contributed by atoms with Crippen LogP contribution in [0, 0.1) is 5.92 Å². The molecule has 0 aromatic rings. The molecule has 0 saturated heterocycles. The molecule has 166 valence electrons. The van der Waals surface area contributed by atoms with E-state index in [1.807, 2.05) is 6.92 Å². The summed E-state index contributed by atoms with van der Waals surface area (Å²) in [4.78, 5) is 22.7. The van der Waals surface area contributed by atoms with Crippen molar-refractivity contribution in [1.29, 1.82) is 0 Å². The number of carbonyl (C=O) groups is 2. The van der Waals surface area contributed by atoms with Crippen LogP contribution in [0.25, 0.3) is 0 Å². The number of nitrogens with two attached hydrogens (primary N) is 1. The maximum atomic E-state index is 12.0. The predicted molar refractivity (Wildman–Crippen MR) is 119 cm³/mol. The summed E-state index contributed by atoms with van der Waals surface area (Å²) in [6, 6.07) is -0.853. The van der Waals surface area contributed by atoms with Crippen LogP contribution in [0.1, 0.15) is 129 Å². The summed E-state index contributed by atoms with van der Waals surface area (Å²) in [5, 5.41) is 8.81. The normalized spacial score (nSPS) is 13.4. The highest BCUT2D eigenvalue weighted by Crippen LogP contribution is 2.15. The zero-order valence-electron chi connectivity index (χ0n) is 18.7. The summed E-state index contributed by atoms with van der Waals surface area (Å²) in [5.41, 5.74) is 5.52. The van der Waals surface area contributed by atoms with Gasteiger partial charge in [-0.1, -0.05) is 104 Å². The van der Waals surface area contributed by atoms with Gasteiger partial charge in [-0.15, -0.1) is 0 Å². The predicted octanol–water partition coefficient (Wildman–Crippen LogP) is 6.65. The largest absolute Gasteiger partial charge is 0.480 e. The summed E-state index contributed by atoms with van der Waals surface area (Å²) in [5.74, 6) is -0.684. The topological polar surface area (TPSA) is 80.4 Å². The fraction of sp³-hybridized carbons (Fsp3) is 0.917. The number of hydrogen-bond donors (Lipinski definition) is 2. The van der Waals surface area contributed by atoms with Crippen LogP contribution in [0.2, 0.25) is 0 Å². The maximum Gasteiger partial charge on any atom is 0.320 e. The number of unbranched alkanes of at least 4 members (excludes halogenated alkanes) is 14. The number of rotatable bonds is 21. The van der Waals surface area contributed by atoms with Crippen molar-refractivity contribution in [3.63, 3.8) is 0 Å².